The fourth-order valence-electron chi connectivity index (χ4n) is 2.99. The number of hydrogen-bond acceptors (Lipinski definition) is 4. The number of hydrogen-bond donors (Lipinski definition) is 1. The highest BCUT2D eigenvalue weighted by molar-refractivity contribution is 5.77. The summed E-state index contributed by atoms with van der Waals surface area (Å²) in [6, 6.07) is 17.2. The van der Waals surface area contributed by atoms with E-state index in [1.54, 1.807) is 30.7 Å². The van der Waals surface area contributed by atoms with Crippen molar-refractivity contribution in [1.82, 2.24) is 19.9 Å². The summed E-state index contributed by atoms with van der Waals surface area (Å²) < 4.78 is 21.0. The minimum Gasteiger partial charge on any atom is -0.439 e. The molecule has 4 aromatic rings. The minimum absolute atomic E-state index is 0.0941. The molecule has 0 radical (unpaired) electrons. The van der Waals surface area contributed by atoms with E-state index in [9.17, 15) is 9.18 Å². The van der Waals surface area contributed by atoms with Crippen molar-refractivity contribution in [1.29, 1.82) is 0 Å². The van der Waals surface area contributed by atoms with E-state index in [1.807, 2.05) is 34.9 Å². The number of benzene rings is 2. The van der Waals surface area contributed by atoms with E-state index in [1.165, 1.54) is 12.1 Å². The second kappa shape index (κ2) is 8.52. The molecule has 0 aliphatic heterocycles. The van der Waals surface area contributed by atoms with Crippen LogP contribution in [0.5, 0.6) is 11.6 Å². The van der Waals surface area contributed by atoms with Gasteiger partial charge < -0.3 is 14.6 Å². The standard InChI is InChI=1S/C22H19FN4O2/c23-17-6-3-7-18(13-17)29-22-16(5-4-11-24-22)14-25-21(28)10-12-27-15-26-19-8-1-2-9-20(19)27/h1-9,11,13,15H,10,12,14H2,(H,25,28). The highest BCUT2D eigenvalue weighted by Gasteiger charge is 2.10. The van der Waals surface area contributed by atoms with Gasteiger partial charge in [0.1, 0.15) is 11.6 Å². The fraction of sp³-hybridized carbons (Fsp3) is 0.136. The largest absolute Gasteiger partial charge is 0.439 e. The van der Waals surface area contributed by atoms with Crippen LogP contribution in [0.15, 0.2) is 73.2 Å². The molecule has 0 spiro atoms. The Kier molecular flexibility index (Phi) is 5.47. The van der Waals surface area contributed by atoms with Crippen LogP contribution in [0.25, 0.3) is 11.0 Å². The zero-order chi connectivity index (χ0) is 20.1. The van der Waals surface area contributed by atoms with Gasteiger partial charge in [0, 0.05) is 37.3 Å². The van der Waals surface area contributed by atoms with E-state index in [0.717, 1.165) is 11.0 Å². The summed E-state index contributed by atoms with van der Waals surface area (Å²) in [6.45, 7) is 0.800. The Balaban J connectivity index is 1.36. The molecular formula is C22H19FN4O2. The Hall–Kier alpha value is -3.74. The van der Waals surface area contributed by atoms with Crippen molar-refractivity contribution in [2.45, 2.75) is 19.5 Å². The molecule has 0 fully saturated rings. The molecular weight excluding hydrogens is 371 g/mol. The Labute approximate surface area is 167 Å². The fourth-order valence-corrected chi connectivity index (χ4v) is 2.99. The summed E-state index contributed by atoms with van der Waals surface area (Å²) in [5.41, 5.74) is 2.61. The Morgan fingerprint density at radius 1 is 1.07 bits per heavy atom. The quantitative estimate of drug-likeness (QED) is 0.517. The lowest BCUT2D eigenvalue weighted by Crippen LogP contribution is -2.24. The zero-order valence-electron chi connectivity index (χ0n) is 15.6. The first-order chi connectivity index (χ1) is 14.2. The van der Waals surface area contributed by atoms with Gasteiger partial charge in [-0.2, -0.15) is 0 Å². The molecule has 0 bridgehead atoms. The number of para-hydroxylation sites is 2. The molecule has 1 amide bonds. The molecule has 0 saturated carbocycles. The van der Waals surface area contributed by atoms with Gasteiger partial charge in [0.2, 0.25) is 11.8 Å². The van der Waals surface area contributed by atoms with Crippen molar-refractivity contribution in [2.24, 2.45) is 0 Å². The normalized spacial score (nSPS) is 10.8. The first kappa shape index (κ1) is 18.6. The van der Waals surface area contributed by atoms with Crippen molar-refractivity contribution in [2.75, 3.05) is 0 Å². The van der Waals surface area contributed by atoms with Crippen LogP contribution in [-0.4, -0.2) is 20.4 Å². The third kappa shape index (κ3) is 4.57. The lowest BCUT2D eigenvalue weighted by molar-refractivity contribution is -0.121. The van der Waals surface area contributed by atoms with Crippen LogP contribution in [0.1, 0.15) is 12.0 Å². The number of carbonyl (C=O) groups excluding carboxylic acids is 1. The van der Waals surface area contributed by atoms with Crippen LogP contribution in [0.3, 0.4) is 0 Å². The summed E-state index contributed by atoms with van der Waals surface area (Å²) in [7, 11) is 0. The lowest BCUT2D eigenvalue weighted by Gasteiger charge is -2.11. The molecule has 6 nitrogen and oxygen atoms in total. The minimum atomic E-state index is -0.389. The molecule has 7 heteroatoms. The first-order valence-electron chi connectivity index (χ1n) is 9.23. The van der Waals surface area contributed by atoms with Gasteiger partial charge in [0.15, 0.2) is 0 Å². The van der Waals surface area contributed by atoms with Crippen LogP contribution in [0.4, 0.5) is 4.39 Å². The molecule has 29 heavy (non-hydrogen) atoms. The van der Waals surface area contributed by atoms with Gasteiger partial charge in [-0.05, 0) is 30.3 Å². The average molecular weight is 390 g/mol. The number of fused-ring (bicyclic) bond motifs is 1. The number of rotatable bonds is 7. The number of amides is 1. The zero-order valence-corrected chi connectivity index (χ0v) is 15.6. The molecule has 2 aromatic heterocycles. The van der Waals surface area contributed by atoms with E-state index in [4.69, 9.17) is 4.74 Å². The number of imidazole rings is 1. The van der Waals surface area contributed by atoms with Crippen LogP contribution in [-0.2, 0) is 17.9 Å². The molecule has 0 aliphatic rings. The number of aryl methyl sites for hydroxylation is 1. The number of pyridine rings is 1. The highest BCUT2D eigenvalue weighted by atomic mass is 19.1. The molecule has 1 N–H and O–H groups in total. The molecule has 0 aliphatic carbocycles. The maximum atomic E-state index is 13.4. The number of halogens is 1. The molecule has 2 aromatic carbocycles. The van der Waals surface area contributed by atoms with Crippen LogP contribution in [0, 0.1) is 5.82 Å². The molecule has 2 heterocycles. The summed E-state index contributed by atoms with van der Waals surface area (Å²) in [6.07, 6.45) is 3.65. The summed E-state index contributed by atoms with van der Waals surface area (Å²) in [5, 5.41) is 2.88. The van der Waals surface area contributed by atoms with E-state index in [0.29, 0.717) is 30.2 Å². The molecule has 0 saturated heterocycles. The third-order valence-electron chi connectivity index (χ3n) is 4.44. The topological polar surface area (TPSA) is 69.0 Å². The number of nitrogens with one attached hydrogen (secondary N) is 1. The third-order valence-corrected chi connectivity index (χ3v) is 4.44. The van der Waals surface area contributed by atoms with E-state index in [2.05, 4.69) is 15.3 Å². The second-order valence-electron chi connectivity index (χ2n) is 6.48. The van der Waals surface area contributed by atoms with Crippen molar-refractivity contribution < 1.29 is 13.9 Å². The van der Waals surface area contributed by atoms with Gasteiger partial charge in [-0.25, -0.2) is 14.4 Å². The number of aromatic nitrogens is 3. The summed E-state index contributed by atoms with van der Waals surface area (Å²) >= 11 is 0. The predicted molar refractivity (Wildman–Crippen MR) is 107 cm³/mol. The van der Waals surface area contributed by atoms with Crippen molar-refractivity contribution in [3.05, 3.63) is 84.6 Å². The van der Waals surface area contributed by atoms with Gasteiger partial charge in [0.05, 0.1) is 17.4 Å². The SMILES string of the molecule is O=C(CCn1cnc2ccccc21)NCc1cccnc1Oc1cccc(F)c1. The van der Waals surface area contributed by atoms with E-state index < -0.39 is 0 Å². The maximum Gasteiger partial charge on any atom is 0.224 e. The summed E-state index contributed by atoms with van der Waals surface area (Å²) in [5.74, 6) is 0.200. The van der Waals surface area contributed by atoms with Gasteiger partial charge in [0.25, 0.3) is 0 Å². The molecule has 0 unspecified atom stereocenters. The maximum absolute atomic E-state index is 13.4. The number of ether oxygens (including phenoxy) is 1. The van der Waals surface area contributed by atoms with Gasteiger partial charge in [-0.3, -0.25) is 4.79 Å². The molecule has 146 valence electrons. The van der Waals surface area contributed by atoms with Crippen LogP contribution in [0.2, 0.25) is 0 Å². The van der Waals surface area contributed by atoms with Crippen molar-refractivity contribution in [3.8, 4) is 11.6 Å². The number of carbonyl (C=O) groups is 1. The van der Waals surface area contributed by atoms with Crippen molar-refractivity contribution >= 4 is 16.9 Å². The highest BCUT2D eigenvalue weighted by Crippen LogP contribution is 2.23. The van der Waals surface area contributed by atoms with Crippen LogP contribution >= 0.6 is 0 Å². The summed E-state index contributed by atoms with van der Waals surface area (Å²) in [4.78, 5) is 20.8. The monoisotopic (exact) mass is 390 g/mol. The Bertz CT molecular complexity index is 1140. The number of nitrogens with zero attached hydrogens (tertiary/aromatic N) is 3. The van der Waals surface area contributed by atoms with Crippen molar-refractivity contribution in [3.63, 3.8) is 0 Å². The predicted octanol–water partition coefficient (Wildman–Crippen LogP) is 4.07. The van der Waals surface area contributed by atoms with Gasteiger partial charge in [-0.15, -0.1) is 0 Å². The van der Waals surface area contributed by atoms with Gasteiger partial charge >= 0.3 is 0 Å². The van der Waals surface area contributed by atoms with E-state index >= 15 is 0 Å². The first-order valence-corrected chi connectivity index (χ1v) is 9.23. The Morgan fingerprint density at radius 3 is 2.86 bits per heavy atom. The Morgan fingerprint density at radius 2 is 1.97 bits per heavy atom. The molecule has 4 rings (SSSR count). The van der Waals surface area contributed by atoms with E-state index in [-0.39, 0.29) is 18.3 Å². The lowest BCUT2D eigenvalue weighted by atomic mass is 10.2. The molecule has 0 atom stereocenters. The average Bonchev–Trinajstić information content (AvgIpc) is 3.15. The smallest absolute Gasteiger partial charge is 0.224 e. The van der Waals surface area contributed by atoms with Crippen LogP contribution < -0.4 is 10.1 Å². The second-order valence-corrected chi connectivity index (χ2v) is 6.48. The van der Waals surface area contributed by atoms with Gasteiger partial charge in [-0.1, -0.05) is 24.3 Å².